The summed E-state index contributed by atoms with van der Waals surface area (Å²) >= 11 is 2.71. The van der Waals surface area contributed by atoms with Crippen molar-refractivity contribution in [3.63, 3.8) is 0 Å². The molecule has 4 heterocycles. The molecular formula is C23H31ClF2N2OS2. The molecule has 2 fully saturated rings. The molecule has 2 N–H and O–H groups in total. The van der Waals surface area contributed by atoms with Gasteiger partial charge in [-0.2, -0.15) is 0 Å². The third kappa shape index (κ3) is 6.14. The fourth-order valence-electron chi connectivity index (χ4n) is 5.15. The number of thiophene rings is 2. The van der Waals surface area contributed by atoms with Crippen molar-refractivity contribution in [2.75, 3.05) is 26.2 Å². The smallest absolute Gasteiger partial charge is 0.140 e. The van der Waals surface area contributed by atoms with Crippen LogP contribution in [0.25, 0.3) is 0 Å². The number of hydrogen-bond donors (Lipinski definition) is 2. The lowest BCUT2D eigenvalue weighted by molar-refractivity contribution is -0.131. The largest absolute Gasteiger partial charge is 0.317 e. The van der Waals surface area contributed by atoms with Gasteiger partial charge in [0.2, 0.25) is 0 Å². The van der Waals surface area contributed by atoms with Crippen LogP contribution in [0.15, 0.2) is 21.5 Å². The Morgan fingerprint density at radius 3 is 1.52 bits per heavy atom. The molecule has 2 atom stereocenters. The first-order chi connectivity index (χ1) is 14.6. The molecule has 2 aromatic rings. The fourth-order valence-corrected chi connectivity index (χ4v) is 6.57. The molecule has 0 spiro atoms. The van der Waals surface area contributed by atoms with E-state index in [0.29, 0.717) is 24.0 Å². The first kappa shape index (κ1) is 24.8. The molecule has 2 aromatic heterocycles. The summed E-state index contributed by atoms with van der Waals surface area (Å²) < 4.78 is 28.6. The zero-order valence-electron chi connectivity index (χ0n) is 17.6. The van der Waals surface area contributed by atoms with Crippen LogP contribution in [-0.4, -0.2) is 32.0 Å². The van der Waals surface area contributed by atoms with Gasteiger partial charge in [0, 0.05) is 22.6 Å². The predicted octanol–water partition coefficient (Wildman–Crippen LogP) is 5.10. The fraction of sp³-hybridized carbons (Fsp3) is 0.609. The number of piperidine rings is 2. The van der Waals surface area contributed by atoms with E-state index >= 15 is 0 Å². The molecule has 2 aliphatic rings. The van der Waals surface area contributed by atoms with Crippen LogP contribution in [0.4, 0.5) is 8.78 Å². The van der Waals surface area contributed by atoms with Gasteiger partial charge < -0.3 is 10.6 Å². The molecule has 0 amide bonds. The second kappa shape index (κ2) is 11.8. The van der Waals surface area contributed by atoms with Crippen LogP contribution in [0, 0.1) is 35.3 Å². The Morgan fingerprint density at radius 1 is 0.806 bits per heavy atom. The van der Waals surface area contributed by atoms with E-state index in [0.717, 1.165) is 51.9 Å². The number of halogens is 3. The Hall–Kier alpha value is -0.860. The minimum absolute atomic E-state index is 0. The number of ketones is 1. The van der Waals surface area contributed by atoms with Gasteiger partial charge in [-0.25, -0.2) is 8.78 Å². The van der Waals surface area contributed by atoms with Crippen molar-refractivity contribution in [3.05, 3.63) is 44.3 Å². The zero-order valence-corrected chi connectivity index (χ0v) is 20.0. The minimum atomic E-state index is -0.200. The Morgan fingerprint density at radius 2 is 1.19 bits per heavy atom. The molecular weight excluding hydrogens is 458 g/mol. The van der Waals surface area contributed by atoms with E-state index < -0.39 is 0 Å². The molecule has 0 bridgehead atoms. The highest BCUT2D eigenvalue weighted by molar-refractivity contribution is 7.08. The highest BCUT2D eigenvalue weighted by Crippen LogP contribution is 2.36. The third-order valence-electron chi connectivity index (χ3n) is 6.89. The van der Waals surface area contributed by atoms with Gasteiger partial charge >= 0.3 is 0 Å². The van der Waals surface area contributed by atoms with E-state index in [1.807, 2.05) is 10.8 Å². The van der Waals surface area contributed by atoms with Gasteiger partial charge in [0.25, 0.3) is 0 Å². The lowest BCUT2D eigenvalue weighted by atomic mass is 9.70. The quantitative estimate of drug-likeness (QED) is 0.543. The summed E-state index contributed by atoms with van der Waals surface area (Å²) in [7, 11) is 0. The van der Waals surface area contributed by atoms with E-state index in [-0.39, 0.29) is 53.5 Å². The van der Waals surface area contributed by atoms with Crippen LogP contribution >= 0.6 is 35.1 Å². The minimum Gasteiger partial charge on any atom is -0.317 e. The van der Waals surface area contributed by atoms with Crippen molar-refractivity contribution >= 4 is 40.9 Å². The summed E-state index contributed by atoms with van der Waals surface area (Å²) in [6, 6.07) is 0. The van der Waals surface area contributed by atoms with E-state index in [1.54, 1.807) is 0 Å². The Balaban J connectivity index is 0.00000272. The maximum Gasteiger partial charge on any atom is 0.140 e. The van der Waals surface area contributed by atoms with Crippen LogP contribution in [0.2, 0.25) is 0 Å². The van der Waals surface area contributed by atoms with Crippen molar-refractivity contribution in [1.82, 2.24) is 10.6 Å². The maximum absolute atomic E-state index is 14.3. The SMILES string of the molecule is Cl.O=C(C(Cc1cscc1F)C1CCNCC1)C(Cc1cscc1F)C1CCNCC1. The lowest BCUT2D eigenvalue weighted by Crippen LogP contribution is -2.42. The molecule has 2 unspecified atom stereocenters. The number of rotatable bonds is 8. The summed E-state index contributed by atoms with van der Waals surface area (Å²) in [6.45, 7) is 3.60. The zero-order chi connectivity index (χ0) is 20.9. The summed E-state index contributed by atoms with van der Waals surface area (Å²) in [4.78, 5) is 14.0. The number of Topliss-reactive ketones (excluding diaryl/α,β-unsaturated/α-hetero) is 1. The van der Waals surface area contributed by atoms with Gasteiger partial charge in [-0.15, -0.1) is 35.1 Å². The molecule has 4 rings (SSSR count). The highest BCUT2D eigenvalue weighted by atomic mass is 35.5. The van der Waals surface area contributed by atoms with Crippen molar-refractivity contribution in [2.24, 2.45) is 23.7 Å². The van der Waals surface area contributed by atoms with E-state index in [1.165, 1.54) is 33.4 Å². The second-order valence-corrected chi connectivity index (χ2v) is 10.2. The van der Waals surface area contributed by atoms with Gasteiger partial charge in [0.05, 0.1) is 0 Å². The van der Waals surface area contributed by atoms with Crippen molar-refractivity contribution in [2.45, 2.75) is 38.5 Å². The predicted molar refractivity (Wildman–Crippen MR) is 126 cm³/mol. The van der Waals surface area contributed by atoms with Crippen LogP contribution in [0.3, 0.4) is 0 Å². The van der Waals surface area contributed by atoms with Crippen LogP contribution in [-0.2, 0) is 17.6 Å². The summed E-state index contributed by atoms with van der Waals surface area (Å²) in [5, 5.41) is 13.5. The summed E-state index contributed by atoms with van der Waals surface area (Å²) in [5.41, 5.74) is 1.31. The number of hydrogen-bond acceptors (Lipinski definition) is 5. The number of nitrogens with one attached hydrogen (secondary N) is 2. The van der Waals surface area contributed by atoms with Gasteiger partial charge in [-0.05, 0) is 98.4 Å². The topological polar surface area (TPSA) is 41.1 Å². The molecule has 31 heavy (non-hydrogen) atoms. The average Bonchev–Trinajstić information content (AvgIpc) is 3.38. The van der Waals surface area contributed by atoms with Crippen molar-refractivity contribution in [1.29, 1.82) is 0 Å². The second-order valence-electron chi connectivity index (χ2n) is 8.69. The Kier molecular flexibility index (Phi) is 9.47. The van der Waals surface area contributed by atoms with E-state index in [4.69, 9.17) is 0 Å². The summed E-state index contributed by atoms with van der Waals surface area (Å²) in [5.74, 6) is -0.0483. The lowest BCUT2D eigenvalue weighted by Gasteiger charge is -2.36. The number of carbonyl (C=O) groups is 1. The van der Waals surface area contributed by atoms with Gasteiger partial charge in [0.1, 0.15) is 17.4 Å². The average molecular weight is 489 g/mol. The first-order valence-electron chi connectivity index (χ1n) is 11.0. The number of carbonyl (C=O) groups excluding carboxylic acids is 1. The van der Waals surface area contributed by atoms with Gasteiger partial charge in [-0.1, -0.05) is 0 Å². The molecule has 2 aliphatic heterocycles. The molecule has 0 aliphatic carbocycles. The molecule has 172 valence electrons. The third-order valence-corrected chi connectivity index (χ3v) is 8.42. The monoisotopic (exact) mass is 488 g/mol. The molecule has 0 radical (unpaired) electrons. The van der Waals surface area contributed by atoms with Gasteiger partial charge in [0.15, 0.2) is 0 Å². The van der Waals surface area contributed by atoms with Crippen molar-refractivity contribution < 1.29 is 13.6 Å². The highest BCUT2D eigenvalue weighted by Gasteiger charge is 2.38. The van der Waals surface area contributed by atoms with Crippen molar-refractivity contribution in [3.8, 4) is 0 Å². The Labute approximate surface area is 197 Å². The van der Waals surface area contributed by atoms with E-state index in [9.17, 15) is 13.6 Å². The molecule has 3 nitrogen and oxygen atoms in total. The Bertz CT molecular complexity index is 765. The maximum atomic E-state index is 14.3. The van der Waals surface area contributed by atoms with Gasteiger partial charge in [-0.3, -0.25) is 4.79 Å². The first-order valence-corrected chi connectivity index (χ1v) is 12.9. The molecule has 0 saturated carbocycles. The standard InChI is InChI=1S/C23H30F2N2OS2.ClH/c24-21-13-29-11-17(21)9-19(15-1-5-26-6-2-15)23(28)20(16-3-7-27-8-4-16)10-18-12-30-14-22(18)25;/h11-16,19-20,26-27H,1-10H2;1H. The van der Waals surface area contributed by atoms with Crippen LogP contribution < -0.4 is 10.6 Å². The summed E-state index contributed by atoms with van der Waals surface area (Å²) in [6.07, 6.45) is 4.68. The van der Waals surface area contributed by atoms with E-state index in [2.05, 4.69) is 10.6 Å². The molecule has 8 heteroatoms. The van der Waals surface area contributed by atoms with Crippen LogP contribution in [0.5, 0.6) is 0 Å². The molecule has 0 aromatic carbocycles. The van der Waals surface area contributed by atoms with Crippen LogP contribution in [0.1, 0.15) is 36.8 Å². The molecule has 2 saturated heterocycles. The normalized spacial score (nSPS) is 20.2.